The second-order valence-corrected chi connectivity index (χ2v) is 12.3. The van der Waals surface area contributed by atoms with Gasteiger partial charge in [0.1, 0.15) is 0 Å². The van der Waals surface area contributed by atoms with Crippen molar-refractivity contribution in [2.45, 2.75) is 79.1 Å². The molecule has 4 rings (SSSR count). The first-order valence-corrected chi connectivity index (χ1v) is 15.3. The summed E-state index contributed by atoms with van der Waals surface area (Å²) in [5.41, 5.74) is 10.9. The fraction of sp³-hybridized carbons (Fsp3) is 0.395. The Balaban J connectivity index is 1.50. The summed E-state index contributed by atoms with van der Waals surface area (Å²) in [5, 5.41) is 13.2. The average molecular weight is 550 g/mol. The van der Waals surface area contributed by atoms with Crippen LogP contribution in [-0.4, -0.2) is 17.6 Å². The lowest BCUT2D eigenvalue weighted by molar-refractivity contribution is 0.0697. The first-order chi connectivity index (χ1) is 19.7. The van der Waals surface area contributed by atoms with Crippen LogP contribution in [0.1, 0.15) is 105 Å². The van der Waals surface area contributed by atoms with Gasteiger partial charge in [0.05, 0.1) is 5.56 Å². The normalized spacial score (nSPS) is 15.1. The van der Waals surface area contributed by atoms with Gasteiger partial charge >= 0.3 is 5.97 Å². The molecule has 0 heterocycles. The van der Waals surface area contributed by atoms with E-state index in [1.165, 1.54) is 65.5 Å². The van der Waals surface area contributed by atoms with E-state index in [2.05, 4.69) is 76.8 Å². The molecule has 0 aliphatic heterocycles. The summed E-state index contributed by atoms with van der Waals surface area (Å²) in [7, 11) is 0. The first-order valence-electron chi connectivity index (χ1n) is 15.3. The maximum atomic E-state index is 11.7. The molecule has 2 unspecified atom stereocenters. The van der Waals surface area contributed by atoms with Gasteiger partial charge in [-0.25, -0.2) is 4.79 Å². The molecule has 1 aliphatic carbocycles. The highest BCUT2D eigenvalue weighted by atomic mass is 16.4. The SMILES string of the molecule is C=C(NCC1CCCCC1)c1ccc(C(C)C(C)Cc2ccc(-c3ccccc3C(=O)O)cc2)c(C(C)=C(C)C)c1. The number of benzene rings is 3. The Morgan fingerprint density at radius 1 is 0.927 bits per heavy atom. The van der Waals surface area contributed by atoms with Crippen molar-refractivity contribution in [3.05, 3.63) is 107 Å². The van der Waals surface area contributed by atoms with E-state index in [4.69, 9.17) is 0 Å². The van der Waals surface area contributed by atoms with E-state index in [1.807, 2.05) is 24.3 Å². The number of allylic oxidation sites excluding steroid dienone is 2. The van der Waals surface area contributed by atoms with Crippen LogP contribution in [0.15, 0.2) is 78.9 Å². The fourth-order valence-corrected chi connectivity index (χ4v) is 6.09. The molecular weight excluding hydrogens is 502 g/mol. The van der Waals surface area contributed by atoms with Crippen molar-refractivity contribution >= 4 is 17.2 Å². The van der Waals surface area contributed by atoms with Gasteiger partial charge in [-0.1, -0.05) is 99.9 Å². The summed E-state index contributed by atoms with van der Waals surface area (Å²) < 4.78 is 0. The molecule has 2 atom stereocenters. The highest BCUT2D eigenvalue weighted by molar-refractivity contribution is 5.96. The number of rotatable bonds is 11. The number of nitrogens with one attached hydrogen (secondary N) is 1. The minimum Gasteiger partial charge on any atom is -0.478 e. The zero-order chi connectivity index (χ0) is 29.5. The predicted molar refractivity (Wildman–Crippen MR) is 174 cm³/mol. The molecule has 0 bridgehead atoms. The van der Waals surface area contributed by atoms with Gasteiger partial charge in [-0.3, -0.25) is 0 Å². The van der Waals surface area contributed by atoms with E-state index in [-0.39, 0.29) is 0 Å². The first kappa shape index (κ1) is 30.4. The highest BCUT2D eigenvalue weighted by Crippen LogP contribution is 2.35. The summed E-state index contributed by atoms with van der Waals surface area (Å²) >= 11 is 0. The van der Waals surface area contributed by atoms with Gasteiger partial charge in [0.2, 0.25) is 0 Å². The molecular formula is C38H47NO2. The monoisotopic (exact) mass is 549 g/mol. The van der Waals surface area contributed by atoms with E-state index < -0.39 is 5.97 Å². The van der Waals surface area contributed by atoms with Crippen molar-refractivity contribution in [2.75, 3.05) is 6.54 Å². The molecule has 0 aromatic heterocycles. The van der Waals surface area contributed by atoms with Gasteiger partial charge in [0, 0.05) is 12.2 Å². The van der Waals surface area contributed by atoms with E-state index >= 15 is 0 Å². The van der Waals surface area contributed by atoms with Crippen LogP contribution < -0.4 is 5.32 Å². The number of hydrogen-bond donors (Lipinski definition) is 2. The lowest BCUT2D eigenvalue weighted by Gasteiger charge is -2.26. The summed E-state index contributed by atoms with van der Waals surface area (Å²) in [6.07, 6.45) is 7.71. The molecule has 1 fully saturated rings. The van der Waals surface area contributed by atoms with E-state index in [0.717, 1.165) is 35.7 Å². The zero-order valence-electron chi connectivity index (χ0n) is 25.6. The van der Waals surface area contributed by atoms with Crippen molar-refractivity contribution in [1.29, 1.82) is 0 Å². The van der Waals surface area contributed by atoms with Gasteiger partial charge in [0.15, 0.2) is 0 Å². The minimum atomic E-state index is -0.899. The summed E-state index contributed by atoms with van der Waals surface area (Å²) in [6.45, 7) is 16.7. The van der Waals surface area contributed by atoms with Crippen LogP contribution in [0, 0.1) is 11.8 Å². The lowest BCUT2D eigenvalue weighted by Crippen LogP contribution is -2.23. The number of carboxylic acid groups (broad SMARTS) is 1. The summed E-state index contributed by atoms with van der Waals surface area (Å²) in [4.78, 5) is 11.7. The van der Waals surface area contributed by atoms with Gasteiger partial charge in [0.25, 0.3) is 0 Å². The molecule has 2 N–H and O–H groups in total. The van der Waals surface area contributed by atoms with Crippen LogP contribution in [0.3, 0.4) is 0 Å². The van der Waals surface area contributed by atoms with Gasteiger partial charge in [-0.2, -0.15) is 0 Å². The van der Waals surface area contributed by atoms with Crippen molar-refractivity contribution < 1.29 is 9.90 Å². The molecule has 3 aromatic carbocycles. The third-order valence-electron chi connectivity index (χ3n) is 9.21. The minimum absolute atomic E-state index is 0.333. The van der Waals surface area contributed by atoms with Crippen LogP contribution >= 0.6 is 0 Å². The fourth-order valence-electron chi connectivity index (χ4n) is 6.09. The molecule has 3 heteroatoms. The summed E-state index contributed by atoms with van der Waals surface area (Å²) in [6, 6.07) is 22.5. The van der Waals surface area contributed by atoms with Crippen LogP contribution in [0.2, 0.25) is 0 Å². The lowest BCUT2D eigenvalue weighted by atomic mass is 9.80. The maximum absolute atomic E-state index is 11.7. The van der Waals surface area contributed by atoms with Crippen LogP contribution in [-0.2, 0) is 6.42 Å². The topological polar surface area (TPSA) is 49.3 Å². The Kier molecular flexibility index (Phi) is 10.3. The Labute approximate surface area is 247 Å². The molecule has 0 radical (unpaired) electrons. The third-order valence-corrected chi connectivity index (χ3v) is 9.21. The number of aromatic carboxylic acids is 1. The van der Waals surface area contributed by atoms with E-state index in [1.54, 1.807) is 12.1 Å². The Bertz CT molecular complexity index is 1390. The second-order valence-electron chi connectivity index (χ2n) is 12.3. The van der Waals surface area contributed by atoms with Gasteiger partial charge in [-0.05, 0) is 109 Å². The quantitative estimate of drug-likeness (QED) is 0.250. The molecule has 3 nitrogen and oxygen atoms in total. The van der Waals surface area contributed by atoms with Crippen molar-refractivity contribution in [3.8, 4) is 11.1 Å². The number of carboxylic acids is 1. The standard InChI is InChI=1S/C38H47NO2/c1-25(2)27(4)37-23-33(29(6)39-24-31-12-8-7-9-13-31)20-21-34(37)28(5)26(3)22-30-16-18-32(19-17-30)35-14-10-11-15-36(35)38(40)41/h10-11,14-21,23,26,28,31,39H,6-9,12-13,22,24H2,1-5H3,(H,40,41). The number of carbonyl (C=O) groups is 1. The summed E-state index contributed by atoms with van der Waals surface area (Å²) in [5.74, 6) is 0.656. The Hall–Kier alpha value is -3.59. The average Bonchev–Trinajstić information content (AvgIpc) is 2.99. The van der Waals surface area contributed by atoms with Crippen molar-refractivity contribution in [3.63, 3.8) is 0 Å². The van der Waals surface area contributed by atoms with Crippen molar-refractivity contribution in [2.24, 2.45) is 11.8 Å². The van der Waals surface area contributed by atoms with E-state index in [9.17, 15) is 9.90 Å². The maximum Gasteiger partial charge on any atom is 0.336 e. The molecule has 0 amide bonds. The highest BCUT2D eigenvalue weighted by Gasteiger charge is 2.21. The van der Waals surface area contributed by atoms with Crippen molar-refractivity contribution in [1.82, 2.24) is 5.32 Å². The van der Waals surface area contributed by atoms with E-state index in [0.29, 0.717) is 17.4 Å². The third kappa shape index (κ3) is 7.58. The number of hydrogen-bond acceptors (Lipinski definition) is 2. The second kappa shape index (κ2) is 13.9. The molecule has 0 saturated heterocycles. The largest absolute Gasteiger partial charge is 0.478 e. The molecule has 0 spiro atoms. The smallest absolute Gasteiger partial charge is 0.336 e. The van der Waals surface area contributed by atoms with Gasteiger partial charge in [-0.15, -0.1) is 0 Å². The predicted octanol–water partition coefficient (Wildman–Crippen LogP) is 9.99. The molecule has 216 valence electrons. The molecule has 41 heavy (non-hydrogen) atoms. The zero-order valence-corrected chi connectivity index (χ0v) is 25.6. The van der Waals surface area contributed by atoms with Crippen LogP contribution in [0.4, 0.5) is 0 Å². The molecule has 1 saturated carbocycles. The Morgan fingerprint density at radius 3 is 2.27 bits per heavy atom. The Morgan fingerprint density at radius 2 is 1.61 bits per heavy atom. The van der Waals surface area contributed by atoms with Crippen LogP contribution in [0.25, 0.3) is 22.4 Å². The van der Waals surface area contributed by atoms with Crippen LogP contribution in [0.5, 0.6) is 0 Å². The molecule has 1 aliphatic rings. The molecule has 3 aromatic rings. The van der Waals surface area contributed by atoms with Gasteiger partial charge < -0.3 is 10.4 Å².